The molecule has 0 aliphatic carbocycles. The molecule has 0 bridgehead atoms. The summed E-state index contributed by atoms with van der Waals surface area (Å²) in [5.74, 6) is -0.494. The van der Waals surface area contributed by atoms with Gasteiger partial charge in [-0.25, -0.2) is 9.59 Å². The quantitative estimate of drug-likeness (QED) is 0.773. The van der Waals surface area contributed by atoms with Gasteiger partial charge in [0.05, 0.1) is 11.7 Å². The monoisotopic (exact) mass is 360 g/mol. The zero-order chi connectivity index (χ0) is 18.9. The molecule has 8 nitrogen and oxygen atoms in total. The highest BCUT2D eigenvalue weighted by Gasteiger charge is 2.48. The highest BCUT2D eigenvalue weighted by atomic mass is 16.6. The van der Waals surface area contributed by atoms with Gasteiger partial charge in [-0.3, -0.25) is 14.3 Å². The molecule has 3 rings (SSSR count). The Morgan fingerprint density at radius 1 is 1.35 bits per heavy atom. The van der Waals surface area contributed by atoms with Crippen molar-refractivity contribution in [2.75, 3.05) is 0 Å². The first kappa shape index (κ1) is 18.1. The van der Waals surface area contributed by atoms with E-state index in [1.165, 1.54) is 12.3 Å². The first-order chi connectivity index (χ1) is 12.3. The minimum absolute atomic E-state index is 0.172. The number of nitrogens with zero attached hydrogens (tertiary/aromatic N) is 1. The SMILES string of the molecule is C[C@@H](OC(=O)c1ccccc1)[C@@H]1C[C@H](O)[C@](C)(n2ccc(=O)[nH]c2=O)O1. The number of hydrogen-bond donors (Lipinski definition) is 2. The maximum absolute atomic E-state index is 12.2. The molecule has 2 heterocycles. The minimum Gasteiger partial charge on any atom is -0.456 e. The molecule has 26 heavy (non-hydrogen) atoms. The lowest BCUT2D eigenvalue weighted by molar-refractivity contribution is -0.149. The van der Waals surface area contributed by atoms with E-state index in [2.05, 4.69) is 4.98 Å². The van der Waals surface area contributed by atoms with Crippen LogP contribution in [0.2, 0.25) is 0 Å². The number of nitrogens with one attached hydrogen (secondary N) is 1. The Morgan fingerprint density at radius 3 is 2.69 bits per heavy atom. The normalized spacial score (nSPS) is 26.4. The summed E-state index contributed by atoms with van der Waals surface area (Å²) in [6.07, 6.45) is -0.827. The summed E-state index contributed by atoms with van der Waals surface area (Å²) < 4.78 is 12.4. The molecule has 0 saturated carbocycles. The van der Waals surface area contributed by atoms with E-state index in [-0.39, 0.29) is 6.42 Å². The van der Waals surface area contributed by atoms with Crippen LogP contribution in [-0.4, -0.2) is 38.9 Å². The maximum atomic E-state index is 12.2. The number of ether oxygens (including phenoxy) is 2. The highest BCUT2D eigenvalue weighted by molar-refractivity contribution is 5.89. The molecule has 0 spiro atoms. The zero-order valence-corrected chi connectivity index (χ0v) is 14.4. The third kappa shape index (κ3) is 3.33. The molecule has 0 unspecified atom stereocenters. The Kier molecular flexibility index (Phi) is 4.80. The number of esters is 1. The lowest BCUT2D eigenvalue weighted by Gasteiger charge is -2.30. The van der Waals surface area contributed by atoms with Crippen LogP contribution in [0, 0.1) is 0 Å². The van der Waals surface area contributed by atoms with Crippen molar-refractivity contribution in [3.63, 3.8) is 0 Å². The van der Waals surface area contributed by atoms with E-state index in [9.17, 15) is 19.5 Å². The largest absolute Gasteiger partial charge is 0.456 e. The number of aliphatic hydroxyl groups excluding tert-OH is 1. The van der Waals surface area contributed by atoms with Crippen molar-refractivity contribution in [3.05, 3.63) is 69.0 Å². The Hall–Kier alpha value is -2.71. The van der Waals surface area contributed by atoms with Crippen molar-refractivity contribution >= 4 is 5.97 Å². The molecule has 4 atom stereocenters. The molecule has 138 valence electrons. The number of rotatable bonds is 4. The Morgan fingerprint density at radius 2 is 2.04 bits per heavy atom. The first-order valence-electron chi connectivity index (χ1n) is 8.25. The molecular weight excluding hydrogens is 340 g/mol. The second-order valence-corrected chi connectivity index (χ2v) is 6.42. The van der Waals surface area contributed by atoms with Gasteiger partial charge in [-0.1, -0.05) is 18.2 Å². The number of hydrogen-bond acceptors (Lipinski definition) is 6. The fourth-order valence-corrected chi connectivity index (χ4v) is 3.03. The summed E-state index contributed by atoms with van der Waals surface area (Å²) >= 11 is 0. The van der Waals surface area contributed by atoms with Crippen molar-refractivity contribution in [1.82, 2.24) is 9.55 Å². The van der Waals surface area contributed by atoms with E-state index in [0.717, 1.165) is 4.57 Å². The van der Waals surface area contributed by atoms with Crippen molar-refractivity contribution in [2.24, 2.45) is 0 Å². The fourth-order valence-electron chi connectivity index (χ4n) is 3.03. The van der Waals surface area contributed by atoms with Gasteiger partial charge in [-0.05, 0) is 26.0 Å². The van der Waals surface area contributed by atoms with Crippen molar-refractivity contribution in [1.29, 1.82) is 0 Å². The predicted molar refractivity (Wildman–Crippen MR) is 91.8 cm³/mol. The number of H-pyrrole nitrogens is 1. The van der Waals surface area contributed by atoms with Crippen LogP contribution in [0.3, 0.4) is 0 Å². The zero-order valence-electron chi connectivity index (χ0n) is 14.4. The average molecular weight is 360 g/mol. The standard InChI is InChI=1S/C18H20N2O6/c1-11(25-16(23)12-6-4-3-5-7-12)13-10-14(21)18(2,26-13)20-9-8-15(22)19-17(20)24/h3-9,11,13-14,21H,10H2,1-2H3,(H,19,22,24)/t11-,13+,14+,18-/m1/s1. The predicted octanol–water partition coefficient (Wildman–Crippen LogP) is 0.605. The van der Waals surface area contributed by atoms with Crippen LogP contribution in [0.15, 0.2) is 52.2 Å². The first-order valence-corrected chi connectivity index (χ1v) is 8.25. The van der Waals surface area contributed by atoms with E-state index in [0.29, 0.717) is 5.56 Å². The summed E-state index contributed by atoms with van der Waals surface area (Å²) in [6.45, 7) is 3.21. The van der Waals surface area contributed by atoms with Crippen LogP contribution in [0.5, 0.6) is 0 Å². The minimum atomic E-state index is -1.38. The number of aromatic nitrogens is 2. The molecule has 2 N–H and O–H groups in total. The van der Waals surface area contributed by atoms with Crippen LogP contribution in [0.25, 0.3) is 0 Å². The summed E-state index contributed by atoms with van der Waals surface area (Å²) in [5, 5.41) is 10.4. The molecule has 1 aliphatic heterocycles. The van der Waals surface area contributed by atoms with Gasteiger partial charge in [0.2, 0.25) is 0 Å². The van der Waals surface area contributed by atoms with E-state index in [1.54, 1.807) is 44.2 Å². The topological polar surface area (TPSA) is 111 Å². The number of benzene rings is 1. The molecule has 1 saturated heterocycles. The van der Waals surface area contributed by atoms with Gasteiger partial charge < -0.3 is 14.6 Å². The van der Waals surface area contributed by atoms with Gasteiger partial charge in [-0.2, -0.15) is 0 Å². The third-order valence-electron chi connectivity index (χ3n) is 4.59. The fraction of sp³-hybridized carbons (Fsp3) is 0.389. The Labute approximate surface area is 149 Å². The van der Waals surface area contributed by atoms with Gasteiger partial charge in [0.1, 0.15) is 12.2 Å². The number of carbonyl (C=O) groups excluding carboxylic acids is 1. The van der Waals surface area contributed by atoms with Crippen molar-refractivity contribution in [3.8, 4) is 0 Å². The lowest BCUT2D eigenvalue weighted by Crippen LogP contribution is -2.47. The van der Waals surface area contributed by atoms with Crippen LogP contribution in [0.1, 0.15) is 30.6 Å². The van der Waals surface area contributed by atoms with Crippen LogP contribution >= 0.6 is 0 Å². The van der Waals surface area contributed by atoms with E-state index in [4.69, 9.17) is 9.47 Å². The highest BCUT2D eigenvalue weighted by Crippen LogP contribution is 2.35. The Bertz CT molecular complexity index is 906. The molecule has 2 aromatic rings. The van der Waals surface area contributed by atoms with Crippen LogP contribution in [0.4, 0.5) is 0 Å². The molecule has 1 fully saturated rings. The summed E-state index contributed by atoms with van der Waals surface area (Å²) in [5.41, 5.74) is -2.19. The molecule has 0 amide bonds. The van der Waals surface area contributed by atoms with Gasteiger partial charge in [0, 0.05) is 18.7 Å². The van der Waals surface area contributed by atoms with Crippen LogP contribution < -0.4 is 11.2 Å². The summed E-state index contributed by atoms with van der Waals surface area (Å²) in [4.78, 5) is 37.6. The molecule has 1 aliphatic rings. The summed E-state index contributed by atoms with van der Waals surface area (Å²) in [7, 11) is 0. The second kappa shape index (κ2) is 6.89. The number of aliphatic hydroxyl groups is 1. The molecular formula is C18H20N2O6. The van der Waals surface area contributed by atoms with E-state index >= 15 is 0 Å². The van der Waals surface area contributed by atoms with Crippen molar-refractivity contribution in [2.45, 2.75) is 44.3 Å². The van der Waals surface area contributed by atoms with Gasteiger partial charge in [-0.15, -0.1) is 0 Å². The smallest absolute Gasteiger partial charge is 0.338 e. The van der Waals surface area contributed by atoms with Gasteiger partial charge in [0.15, 0.2) is 5.72 Å². The molecule has 8 heteroatoms. The average Bonchev–Trinajstić information content (AvgIpc) is 2.91. The Balaban J connectivity index is 1.76. The van der Waals surface area contributed by atoms with Gasteiger partial charge >= 0.3 is 11.7 Å². The van der Waals surface area contributed by atoms with E-state index < -0.39 is 41.3 Å². The van der Waals surface area contributed by atoms with Gasteiger partial charge in [0.25, 0.3) is 5.56 Å². The number of aromatic amines is 1. The molecule has 1 aromatic heterocycles. The van der Waals surface area contributed by atoms with Crippen LogP contribution in [-0.2, 0) is 15.2 Å². The van der Waals surface area contributed by atoms with E-state index in [1.807, 2.05) is 0 Å². The number of carbonyl (C=O) groups is 1. The maximum Gasteiger partial charge on any atom is 0.338 e. The molecule has 1 aromatic carbocycles. The third-order valence-corrected chi connectivity index (χ3v) is 4.59. The second-order valence-electron chi connectivity index (χ2n) is 6.42. The summed E-state index contributed by atoms with van der Waals surface area (Å²) in [6, 6.07) is 9.72. The van der Waals surface area contributed by atoms with Crippen molar-refractivity contribution < 1.29 is 19.4 Å². The molecule has 0 radical (unpaired) electrons. The lowest BCUT2D eigenvalue weighted by atomic mass is 10.0.